The number of nitrogens with zero attached hydrogens (tertiary/aromatic N) is 1. The Labute approximate surface area is 75.2 Å². The van der Waals surface area contributed by atoms with E-state index in [2.05, 4.69) is 21.1 Å². The van der Waals surface area contributed by atoms with E-state index in [1.165, 1.54) is 0 Å². The zero-order chi connectivity index (χ0) is 9.61. The van der Waals surface area contributed by atoms with Crippen LogP contribution in [0.25, 0.3) is 0 Å². The van der Waals surface area contributed by atoms with Gasteiger partial charge in [-0.05, 0) is 19.3 Å². The van der Waals surface area contributed by atoms with Gasteiger partial charge in [0.15, 0.2) is 0 Å². The van der Waals surface area contributed by atoms with Crippen molar-refractivity contribution >= 4 is 0 Å². The maximum absolute atomic E-state index is 9.03. The molecule has 0 aromatic carbocycles. The lowest BCUT2D eigenvalue weighted by atomic mass is 10.1. The summed E-state index contributed by atoms with van der Waals surface area (Å²) in [5.41, 5.74) is 0. The highest BCUT2D eigenvalue weighted by Gasteiger charge is 2.07. The summed E-state index contributed by atoms with van der Waals surface area (Å²) in [4.78, 5) is 0. The molecule has 0 aliphatic heterocycles. The molecule has 0 aromatic rings. The Morgan fingerprint density at radius 1 is 1.17 bits per heavy atom. The molecule has 1 unspecified atom stereocenters. The minimum atomic E-state index is -0.516. The number of hydrogen-bond acceptors (Lipinski definition) is 2. The molecule has 0 bridgehead atoms. The molecule has 0 aliphatic carbocycles. The Morgan fingerprint density at radius 3 is 2.17 bits per heavy atom. The van der Waals surface area contributed by atoms with Crippen molar-refractivity contribution in [2.24, 2.45) is 0 Å². The molecule has 0 radical (unpaired) electrons. The monoisotopic (exact) mass is 176 g/mol. The molecule has 2 N–H and O–H groups in total. The predicted octanol–water partition coefficient (Wildman–Crippen LogP) is 0.216. The van der Waals surface area contributed by atoms with Crippen LogP contribution in [0, 0.1) is 0 Å². The van der Waals surface area contributed by atoms with Crippen LogP contribution in [0.4, 0.5) is 0 Å². The molecule has 1 atom stereocenters. The van der Waals surface area contributed by atoms with Gasteiger partial charge in [0.2, 0.25) is 0 Å². The predicted molar refractivity (Wildman–Crippen MR) is 49.8 cm³/mol. The fourth-order valence-electron chi connectivity index (χ4n) is 1.06. The van der Waals surface area contributed by atoms with Crippen LogP contribution >= 0.6 is 0 Å². The average molecular weight is 176 g/mol. The quantitative estimate of drug-likeness (QED) is 0.449. The van der Waals surface area contributed by atoms with Crippen molar-refractivity contribution in [3.8, 4) is 0 Å². The van der Waals surface area contributed by atoms with Gasteiger partial charge in [-0.25, -0.2) is 0 Å². The van der Waals surface area contributed by atoms with E-state index in [0.29, 0.717) is 0 Å². The molecule has 3 nitrogen and oxygen atoms in total. The second-order valence-corrected chi connectivity index (χ2v) is 4.35. The van der Waals surface area contributed by atoms with Gasteiger partial charge in [-0.15, -0.1) is 0 Å². The van der Waals surface area contributed by atoms with E-state index in [9.17, 15) is 0 Å². The largest absolute Gasteiger partial charge is 0.394 e. The smallest absolute Gasteiger partial charge is 0.0780 e. The zero-order valence-electron chi connectivity index (χ0n) is 8.45. The van der Waals surface area contributed by atoms with Crippen molar-refractivity contribution in [3.05, 3.63) is 0 Å². The lowest BCUT2D eigenvalue weighted by Crippen LogP contribution is -2.35. The number of aliphatic hydroxyl groups is 2. The molecule has 0 rings (SSSR count). The third kappa shape index (κ3) is 7.98. The Balaban J connectivity index is 3.22. The van der Waals surface area contributed by atoms with Gasteiger partial charge in [0.1, 0.15) is 0 Å². The third-order valence-electron chi connectivity index (χ3n) is 1.83. The van der Waals surface area contributed by atoms with Crippen LogP contribution in [0.3, 0.4) is 0 Å². The van der Waals surface area contributed by atoms with Gasteiger partial charge in [0, 0.05) is 0 Å². The molecule has 0 fully saturated rings. The van der Waals surface area contributed by atoms with E-state index in [0.717, 1.165) is 30.3 Å². The molecule has 0 aromatic heterocycles. The number of aliphatic hydroxyl groups excluding tert-OH is 2. The van der Waals surface area contributed by atoms with Gasteiger partial charge in [-0.3, -0.25) is 0 Å². The second-order valence-electron chi connectivity index (χ2n) is 4.35. The highest BCUT2D eigenvalue weighted by atomic mass is 16.3. The van der Waals surface area contributed by atoms with E-state index in [1.54, 1.807) is 0 Å². The lowest BCUT2D eigenvalue weighted by Gasteiger charge is -2.23. The van der Waals surface area contributed by atoms with E-state index in [-0.39, 0.29) is 6.61 Å². The summed E-state index contributed by atoms with van der Waals surface area (Å²) < 4.78 is 0.967. The maximum Gasteiger partial charge on any atom is 0.0780 e. The second kappa shape index (κ2) is 5.51. The van der Waals surface area contributed by atoms with Crippen LogP contribution in [0.1, 0.15) is 19.3 Å². The molecule has 3 heteroatoms. The minimum absolute atomic E-state index is 0.107. The van der Waals surface area contributed by atoms with Crippen molar-refractivity contribution < 1.29 is 14.7 Å². The summed E-state index contributed by atoms with van der Waals surface area (Å²) in [6, 6.07) is 0. The molecule has 74 valence electrons. The summed E-state index contributed by atoms with van der Waals surface area (Å²) in [7, 11) is 6.47. The first-order chi connectivity index (χ1) is 5.45. The van der Waals surface area contributed by atoms with E-state index in [4.69, 9.17) is 10.2 Å². The number of quaternary nitrogens is 1. The molecule has 0 aliphatic rings. The summed E-state index contributed by atoms with van der Waals surface area (Å²) >= 11 is 0. The Bertz CT molecular complexity index is 110. The van der Waals surface area contributed by atoms with Crippen LogP contribution in [0.2, 0.25) is 0 Å². The Kier molecular flexibility index (Phi) is 5.46. The molecule has 12 heavy (non-hydrogen) atoms. The number of rotatable bonds is 6. The highest BCUT2D eigenvalue weighted by Crippen LogP contribution is 2.03. The molecule has 0 saturated heterocycles. The van der Waals surface area contributed by atoms with Gasteiger partial charge in [0.05, 0.1) is 40.4 Å². The number of hydrogen-bond donors (Lipinski definition) is 2. The first-order valence-corrected chi connectivity index (χ1v) is 4.55. The van der Waals surface area contributed by atoms with Gasteiger partial charge in [0.25, 0.3) is 0 Å². The minimum Gasteiger partial charge on any atom is -0.394 e. The van der Waals surface area contributed by atoms with E-state index >= 15 is 0 Å². The fourth-order valence-corrected chi connectivity index (χ4v) is 1.06. The van der Waals surface area contributed by atoms with Crippen LogP contribution in [-0.4, -0.2) is 55.1 Å². The van der Waals surface area contributed by atoms with E-state index < -0.39 is 6.10 Å². The number of unbranched alkanes of at least 4 members (excludes halogenated alkanes) is 1. The van der Waals surface area contributed by atoms with E-state index in [1.807, 2.05) is 0 Å². The third-order valence-corrected chi connectivity index (χ3v) is 1.83. The Hall–Kier alpha value is -0.120. The molecular weight excluding hydrogens is 154 g/mol. The summed E-state index contributed by atoms with van der Waals surface area (Å²) in [6.07, 6.45) is 2.31. The molecule has 0 saturated carbocycles. The van der Waals surface area contributed by atoms with Gasteiger partial charge in [-0.1, -0.05) is 0 Å². The van der Waals surface area contributed by atoms with Crippen molar-refractivity contribution in [3.63, 3.8) is 0 Å². The maximum atomic E-state index is 9.03. The van der Waals surface area contributed by atoms with Gasteiger partial charge in [-0.2, -0.15) is 0 Å². The van der Waals surface area contributed by atoms with Crippen LogP contribution in [-0.2, 0) is 0 Å². The first kappa shape index (κ1) is 11.9. The lowest BCUT2D eigenvalue weighted by molar-refractivity contribution is -0.870. The standard InChI is InChI=1S/C9H22NO2/c1-10(2,3)7-5-4-6-9(12)8-11/h9,11-12H,4-8H2,1-3H3/q+1. The molecule has 0 spiro atoms. The fraction of sp³-hybridized carbons (Fsp3) is 1.00. The van der Waals surface area contributed by atoms with Crippen LogP contribution in [0.5, 0.6) is 0 Å². The van der Waals surface area contributed by atoms with Crippen molar-refractivity contribution in [2.45, 2.75) is 25.4 Å². The topological polar surface area (TPSA) is 40.5 Å². The van der Waals surface area contributed by atoms with Gasteiger partial charge >= 0.3 is 0 Å². The zero-order valence-corrected chi connectivity index (χ0v) is 8.45. The van der Waals surface area contributed by atoms with Gasteiger partial charge < -0.3 is 14.7 Å². The highest BCUT2D eigenvalue weighted by molar-refractivity contribution is 4.52. The van der Waals surface area contributed by atoms with Crippen molar-refractivity contribution in [1.29, 1.82) is 0 Å². The molecule has 0 amide bonds. The molecular formula is C9H22NO2+. The van der Waals surface area contributed by atoms with Crippen LogP contribution < -0.4 is 0 Å². The first-order valence-electron chi connectivity index (χ1n) is 4.55. The normalized spacial score (nSPS) is 14.8. The van der Waals surface area contributed by atoms with Crippen molar-refractivity contribution in [1.82, 2.24) is 0 Å². The molecule has 0 heterocycles. The Morgan fingerprint density at radius 2 is 1.75 bits per heavy atom. The summed E-state index contributed by atoms with van der Waals surface area (Å²) in [5, 5.41) is 17.6. The SMILES string of the molecule is C[N+](C)(C)CCCCC(O)CO. The summed E-state index contributed by atoms with van der Waals surface area (Å²) in [5.74, 6) is 0. The average Bonchev–Trinajstić information content (AvgIpc) is 1.96. The van der Waals surface area contributed by atoms with Crippen LogP contribution in [0.15, 0.2) is 0 Å². The summed E-state index contributed by atoms with van der Waals surface area (Å²) in [6.45, 7) is 1.02. The van der Waals surface area contributed by atoms with Crippen molar-refractivity contribution in [2.75, 3.05) is 34.3 Å².